The molecule has 0 aromatic rings. The molecule has 0 aliphatic rings. The van der Waals surface area contributed by atoms with Gasteiger partial charge < -0.3 is 0 Å². The van der Waals surface area contributed by atoms with Gasteiger partial charge in [0.1, 0.15) is 0 Å². The minimum Gasteiger partial charge on any atom is -0.0991 e. The average molecular weight is 445 g/mol. The summed E-state index contributed by atoms with van der Waals surface area (Å²) in [6.45, 7) is 7.23. The smallest absolute Gasteiger partial charge is 0.0623 e. The average Bonchev–Trinajstić information content (AvgIpc) is 2.85. The number of hydrogen-bond acceptors (Lipinski definition) is 0. The van der Waals surface area contributed by atoms with Crippen molar-refractivity contribution in [1.82, 2.24) is 0 Å². The summed E-state index contributed by atoms with van der Waals surface area (Å²) in [6.07, 6.45) is 62.8. The molecule has 0 aliphatic carbocycles. The van der Waals surface area contributed by atoms with Crippen molar-refractivity contribution in [2.24, 2.45) is 0 Å². The fourth-order valence-corrected chi connectivity index (χ4v) is 1.95. The summed E-state index contributed by atoms with van der Waals surface area (Å²) < 4.78 is 0. The largest absolute Gasteiger partial charge is 0.0991 e. The maximum atomic E-state index is 3.62. The van der Waals surface area contributed by atoms with Crippen LogP contribution in [0.1, 0.15) is 0 Å². The highest BCUT2D eigenvalue weighted by Gasteiger charge is 1.66. The Bertz CT molecular complexity index is 883. The van der Waals surface area contributed by atoms with Crippen molar-refractivity contribution in [1.29, 1.82) is 0 Å². The van der Waals surface area contributed by atoms with E-state index in [4.69, 9.17) is 0 Å². The fraction of sp³-hybridized carbons (Fsp3) is 0. The summed E-state index contributed by atoms with van der Waals surface area (Å²) in [5.74, 6) is 0. The van der Waals surface area contributed by atoms with E-state index < -0.39 is 0 Å². The lowest BCUT2D eigenvalue weighted by atomic mass is 10.3. The van der Waals surface area contributed by atoms with Crippen LogP contribution in [0.3, 0.4) is 0 Å². The first-order valence-electron chi connectivity index (χ1n) is 11.1. The Morgan fingerprint density at radius 1 is 0.147 bits per heavy atom. The summed E-state index contributed by atoms with van der Waals surface area (Å²) >= 11 is 0. The molecule has 0 N–H and O–H groups in total. The van der Waals surface area contributed by atoms with Crippen LogP contribution in [0.15, 0.2) is 208 Å². The van der Waals surface area contributed by atoms with Crippen molar-refractivity contribution in [3.63, 3.8) is 0 Å². The maximum Gasteiger partial charge on any atom is -0.0623 e. The molecule has 0 unspecified atom stereocenters. The molecule has 0 radical (unpaired) electrons. The molecule has 0 heteroatoms. The van der Waals surface area contributed by atoms with E-state index in [1.807, 2.05) is 182 Å². The molecule has 172 valence electrons. The van der Waals surface area contributed by atoms with Crippen LogP contribution in [-0.4, -0.2) is 0 Å². The van der Waals surface area contributed by atoms with E-state index in [1.165, 1.54) is 0 Å². The highest BCUT2D eigenvalue weighted by atomic mass is 13.7. The van der Waals surface area contributed by atoms with Gasteiger partial charge in [0.25, 0.3) is 0 Å². The van der Waals surface area contributed by atoms with Gasteiger partial charge in [-0.25, -0.2) is 0 Å². The van der Waals surface area contributed by atoms with Crippen molar-refractivity contribution in [3.05, 3.63) is 208 Å². The molecular formula is C34H36. The third-order valence-electron chi connectivity index (χ3n) is 3.49. The molecule has 0 nitrogen and oxygen atoms in total. The van der Waals surface area contributed by atoms with Crippen LogP contribution < -0.4 is 0 Å². The van der Waals surface area contributed by atoms with Gasteiger partial charge in [-0.2, -0.15) is 0 Å². The number of hydrogen-bond donors (Lipinski definition) is 0. The molecular weight excluding hydrogens is 408 g/mol. The molecule has 0 aromatic heterocycles. The first-order valence-corrected chi connectivity index (χ1v) is 11.1. The van der Waals surface area contributed by atoms with Gasteiger partial charge in [0.05, 0.1) is 0 Å². The molecule has 0 spiro atoms. The molecule has 0 aliphatic heterocycles. The molecule has 0 heterocycles. The molecule has 0 fully saturated rings. The molecule has 0 saturated carbocycles. The third-order valence-corrected chi connectivity index (χ3v) is 3.49. The topological polar surface area (TPSA) is 0 Å². The van der Waals surface area contributed by atoms with Gasteiger partial charge >= 0.3 is 0 Å². The monoisotopic (exact) mass is 444 g/mol. The highest BCUT2D eigenvalue weighted by molar-refractivity contribution is 5.24. The van der Waals surface area contributed by atoms with Crippen molar-refractivity contribution < 1.29 is 0 Å². The third kappa shape index (κ3) is 27.6. The van der Waals surface area contributed by atoms with E-state index in [2.05, 4.69) is 13.2 Å². The van der Waals surface area contributed by atoms with E-state index in [0.29, 0.717) is 0 Å². The predicted octanol–water partition coefficient (Wildman–Crippen LogP) is 9.70. The molecule has 34 heavy (non-hydrogen) atoms. The summed E-state index contributed by atoms with van der Waals surface area (Å²) in [5.41, 5.74) is 0. The van der Waals surface area contributed by atoms with E-state index >= 15 is 0 Å². The van der Waals surface area contributed by atoms with Gasteiger partial charge in [0.15, 0.2) is 0 Å². The Kier molecular flexibility index (Phi) is 24.9. The van der Waals surface area contributed by atoms with E-state index in [-0.39, 0.29) is 0 Å². The van der Waals surface area contributed by atoms with Crippen LogP contribution >= 0.6 is 0 Å². The Morgan fingerprint density at radius 2 is 0.235 bits per heavy atom. The molecule has 0 bridgehead atoms. The Labute approximate surface area is 207 Å². The zero-order valence-corrected chi connectivity index (χ0v) is 19.9. The predicted molar refractivity (Wildman–Crippen MR) is 157 cm³/mol. The van der Waals surface area contributed by atoms with Crippen LogP contribution in [0, 0.1) is 0 Å². The first kappa shape index (κ1) is 29.6. The summed E-state index contributed by atoms with van der Waals surface area (Å²) in [4.78, 5) is 0. The Hall–Kier alpha value is -4.42. The van der Waals surface area contributed by atoms with Crippen LogP contribution in [0.4, 0.5) is 0 Å². The second-order valence-corrected chi connectivity index (χ2v) is 6.24. The van der Waals surface area contributed by atoms with Gasteiger partial charge in [-0.05, 0) is 0 Å². The van der Waals surface area contributed by atoms with Gasteiger partial charge in [-0.3, -0.25) is 0 Å². The second kappa shape index (κ2) is 28.6. The van der Waals surface area contributed by atoms with E-state index in [1.54, 1.807) is 12.2 Å². The zero-order chi connectivity index (χ0) is 24.6. The van der Waals surface area contributed by atoms with Crippen LogP contribution in [-0.2, 0) is 0 Å². The van der Waals surface area contributed by atoms with Crippen LogP contribution in [0.2, 0.25) is 0 Å². The summed E-state index contributed by atoms with van der Waals surface area (Å²) in [5, 5.41) is 0. The van der Waals surface area contributed by atoms with E-state index in [0.717, 1.165) is 0 Å². The first-order chi connectivity index (χ1) is 16.9. The van der Waals surface area contributed by atoms with Crippen molar-refractivity contribution >= 4 is 0 Å². The Balaban J connectivity index is 3.99. The van der Waals surface area contributed by atoms with Crippen LogP contribution in [0.5, 0.6) is 0 Å². The number of rotatable bonds is 16. The van der Waals surface area contributed by atoms with Crippen molar-refractivity contribution in [2.75, 3.05) is 0 Å². The normalized spacial score (nSPS) is 14.7. The lowest BCUT2D eigenvalue weighted by Gasteiger charge is -1.76. The minimum atomic E-state index is 1.75. The standard InChI is InChI=1S/C34H36/c1-3-5-7-9-11-13-15-17-19-21-23-25-27-29-31-33-34-32-30-28-26-24-22-20-18-16-14-12-10-8-6-4-2/h3-34H,1-2H2. The van der Waals surface area contributed by atoms with Crippen molar-refractivity contribution in [3.8, 4) is 0 Å². The molecule has 0 rings (SSSR count). The highest BCUT2D eigenvalue weighted by Crippen LogP contribution is 1.88. The lowest BCUT2D eigenvalue weighted by molar-refractivity contribution is 1.81. The van der Waals surface area contributed by atoms with E-state index in [9.17, 15) is 0 Å². The fourth-order valence-electron chi connectivity index (χ4n) is 1.95. The SMILES string of the molecule is C=CC=CC=CC=CC=CC=CC=CC=CC=CC=CC=CC=CC=CC=CC=CC=CC=C. The summed E-state index contributed by atoms with van der Waals surface area (Å²) in [6, 6.07) is 0. The van der Waals surface area contributed by atoms with Crippen molar-refractivity contribution in [2.45, 2.75) is 0 Å². The quantitative estimate of drug-likeness (QED) is 0.208. The maximum absolute atomic E-state index is 3.62. The van der Waals surface area contributed by atoms with Gasteiger partial charge in [-0.15, -0.1) is 0 Å². The summed E-state index contributed by atoms with van der Waals surface area (Å²) in [7, 11) is 0. The second-order valence-electron chi connectivity index (χ2n) is 6.24. The molecule has 0 aromatic carbocycles. The number of allylic oxidation sites excluding steroid dienone is 32. The van der Waals surface area contributed by atoms with Gasteiger partial charge in [-0.1, -0.05) is 208 Å². The lowest BCUT2D eigenvalue weighted by Crippen LogP contribution is -1.54. The van der Waals surface area contributed by atoms with Crippen LogP contribution in [0.25, 0.3) is 0 Å². The minimum absolute atomic E-state index is 1.75. The molecule has 0 atom stereocenters. The van der Waals surface area contributed by atoms with Gasteiger partial charge in [0, 0.05) is 0 Å². The van der Waals surface area contributed by atoms with Gasteiger partial charge in [0.2, 0.25) is 0 Å². The zero-order valence-electron chi connectivity index (χ0n) is 19.9. The Morgan fingerprint density at radius 3 is 0.324 bits per heavy atom. The molecule has 0 saturated heterocycles. The molecule has 0 amide bonds.